The maximum atomic E-state index is 5.88. The van der Waals surface area contributed by atoms with E-state index >= 15 is 0 Å². The van der Waals surface area contributed by atoms with Gasteiger partial charge in [0.25, 0.3) is 0 Å². The Morgan fingerprint density at radius 3 is 2.60 bits per heavy atom. The molecule has 0 fully saturated rings. The van der Waals surface area contributed by atoms with Crippen LogP contribution >= 0.6 is 0 Å². The van der Waals surface area contributed by atoms with Crippen molar-refractivity contribution in [3.8, 4) is 0 Å². The summed E-state index contributed by atoms with van der Waals surface area (Å²) in [7, 11) is 0. The third-order valence-corrected chi connectivity index (χ3v) is 3.44. The lowest BCUT2D eigenvalue weighted by Gasteiger charge is -2.23. The maximum absolute atomic E-state index is 5.88. The molecule has 0 bridgehead atoms. The van der Waals surface area contributed by atoms with E-state index < -0.39 is 0 Å². The van der Waals surface area contributed by atoms with E-state index in [1.807, 2.05) is 54.6 Å². The van der Waals surface area contributed by atoms with Crippen LogP contribution in [0.15, 0.2) is 59.6 Å². The van der Waals surface area contributed by atoms with Gasteiger partial charge in [-0.3, -0.25) is 9.88 Å². The molecule has 0 radical (unpaired) electrons. The van der Waals surface area contributed by atoms with Crippen molar-refractivity contribution in [1.29, 1.82) is 0 Å². The highest BCUT2D eigenvalue weighted by Crippen LogP contribution is 2.31. The number of para-hydroxylation sites is 2. The molecule has 3 N–H and O–H groups in total. The fraction of sp³-hybridized carbons (Fsp3) is 0.0667. The monoisotopic (exact) mass is 263 g/mol. The van der Waals surface area contributed by atoms with Crippen molar-refractivity contribution >= 4 is 22.9 Å². The first-order valence-electron chi connectivity index (χ1n) is 6.45. The topological polar surface area (TPSA) is 68.2 Å². The number of nitrogens with zero attached hydrogens (tertiary/aromatic N) is 3. The van der Waals surface area contributed by atoms with Crippen LogP contribution in [0.1, 0.15) is 11.7 Å². The molecule has 1 aliphatic heterocycles. The van der Waals surface area contributed by atoms with Crippen LogP contribution < -0.4 is 11.1 Å². The summed E-state index contributed by atoms with van der Waals surface area (Å²) in [5.41, 5.74) is 8.94. The lowest BCUT2D eigenvalue weighted by molar-refractivity contribution is 0.626. The minimum absolute atomic E-state index is 0.181. The molecule has 0 spiro atoms. The Balaban J connectivity index is 1.98. The van der Waals surface area contributed by atoms with Crippen LogP contribution in [0.25, 0.3) is 11.0 Å². The van der Waals surface area contributed by atoms with Crippen molar-refractivity contribution in [3.63, 3.8) is 0 Å². The third kappa shape index (κ3) is 1.56. The molecule has 0 unspecified atom stereocenters. The van der Waals surface area contributed by atoms with E-state index in [-0.39, 0.29) is 6.17 Å². The fourth-order valence-electron chi connectivity index (χ4n) is 2.57. The van der Waals surface area contributed by atoms with Crippen molar-refractivity contribution in [2.24, 2.45) is 10.7 Å². The zero-order chi connectivity index (χ0) is 13.5. The van der Waals surface area contributed by atoms with Crippen LogP contribution in [0.5, 0.6) is 0 Å². The van der Waals surface area contributed by atoms with Gasteiger partial charge in [0, 0.05) is 0 Å². The summed E-state index contributed by atoms with van der Waals surface area (Å²) in [6, 6.07) is 18.1. The highest BCUT2D eigenvalue weighted by atomic mass is 15.4. The molecule has 3 aromatic rings. The molecule has 0 aliphatic carbocycles. The van der Waals surface area contributed by atoms with Gasteiger partial charge in [0.05, 0.1) is 11.0 Å². The van der Waals surface area contributed by atoms with Gasteiger partial charge in [-0.05, 0) is 17.7 Å². The van der Waals surface area contributed by atoms with Crippen LogP contribution in [0.4, 0.5) is 5.95 Å². The Morgan fingerprint density at radius 1 is 1.00 bits per heavy atom. The number of guanidine groups is 1. The molecule has 2 aromatic carbocycles. The number of hydrogen-bond acceptors (Lipinski definition) is 4. The minimum Gasteiger partial charge on any atom is -0.370 e. The van der Waals surface area contributed by atoms with Gasteiger partial charge < -0.3 is 5.73 Å². The molecule has 0 amide bonds. The molecule has 1 aliphatic rings. The van der Waals surface area contributed by atoms with Crippen LogP contribution in [0.3, 0.4) is 0 Å². The molecule has 5 heteroatoms. The number of fused-ring (bicyclic) bond motifs is 3. The van der Waals surface area contributed by atoms with Crippen LogP contribution in [-0.2, 0) is 0 Å². The molecule has 1 aromatic heterocycles. The van der Waals surface area contributed by atoms with Crippen molar-refractivity contribution in [2.45, 2.75) is 6.17 Å². The molecule has 2 heterocycles. The van der Waals surface area contributed by atoms with Crippen LogP contribution in [0.2, 0.25) is 0 Å². The van der Waals surface area contributed by atoms with Crippen molar-refractivity contribution < 1.29 is 0 Å². The van der Waals surface area contributed by atoms with Gasteiger partial charge in [-0.15, -0.1) is 0 Å². The zero-order valence-corrected chi connectivity index (χ0v) is 10.7. The normalized spacial score (nSPS) is 17.4. The van der Waals surface area contributed by atoms with Gasteiger partial charge in [-0.25, -0.2) is 9.98 Å². The average molecular weight is 263 g/mol. The molecule has 4 rings (SSSR count). The first kappa shape index (κ1) is 11.0. The molecule has 98 valence electrons. The van der Waals surface area contributed by atoms with E-state index in [0.29, 0.717) is 5.96 Å². The predicted molar refractivity (Wildman–Crippen MR) is 79.6 cm³/mol. The average Bonchev–Trinajstić information content (AvgIpc) is 2.85. The Bertz CT molecular complexity index is 804. The number of aromatic nitrogens is 2. The largest absolute Gasteiger partial charge is 0.370 e. The standard InChI is InChI=1S/C15H13N5/c16-14-18-13(10-6-2-1-3-7-10)20-12-9-5-4-8-11(12)17-15(20)19-14/h1-9,13H,(H3,16,17,18,19)/t13-/m1/s1. The number of nitrogens with two attached hydrogens (primary N) is 1. The molecule has 5 nitrogen and oxygen atoms in total. The summed E-state index contributed by atoms with van der Waals surface area (Å²) in [5, 5.41) is 3.03. The van der Waals surface area contributed by atoms with E-state index in [0.717, 1.165) is 22.5 Å². The van der Waals surface area contributed by atoms with Crippen LogP contribution in [0, 0.1) is 0 Å². The van der Waals surface area contributed by atoms with Crippen LogP contribution in [-0.4, -0.2) is 15.5 Å². The number of nitrogens with one attached hydrogen (secondary N) is 1. The van der Waals surface area contributed by atoms with Gasteiger partial charge >= 0.3 is 0 Å². The smallest absolute Gasteiger partial charge is 0.212 e. The summed E-state index contributed by atoms with van der Waals surface area (Å²) in [6.45, 7) is 0. The van der Waals surface area contributed by atoms with Gasteiger partial charge in [0.1, 0.15) is 0 Å². The Morgan fingerprint density at radius 2 is 1.75 bits per heavy atom. The quantitative estimate of drug-likeness (QED) is 0.708. The highest BCUT2D eigenvalue weighted by molar-refractivity contribution is 5.94. The Hall–Kier alpha value is -2.82. The lowest BCUT2D eigenvalue weighted by atomic mass is 10.1. The number of rotatable bonds is 1. The second-order valence-electron chi connectivity index (χ2n) is 4.72. The van der Waals surface area contributed by atoms with E-state index in [9.17, 15) is 0 Å². The number of benzene rings is 2. The number of anilines is 1. The predicted octanol–water partition coefficient (Wildman–Crippen LogP) is 2.32. The summed E-state index contributed by atoms with van der Waals surface area (Å²) in [6.07, 6.45) is -0.181. The summed E-state index contributed by atoms with van der Waals surface area (Å²) in [4.78, 5) is 9.09. The van der Waals surface area contributed by atoms with Gasteiger partial charge in [0.15, 0.2) is 12.1 Å². The summed E-state index contributed by atoms with van der Waals surface area (Å²) >= 11 is 0. The first-order valence-corrected chi connectivity index (χ1v) is 6.45. The van der Waals surface area contributed by atoms with E-state index in [1.54, 1.807) is 0 Å². The molecule has 0 saturated heterocycles. The molecule has 20 heavy (non-hydrogen) atoms. The highest BCUT2D eigenvalue weighted by Gasteiger charge is 2.24. The van der Waals surface area contributed by atoms with Gasteiger partial charge in [0.2, 0.25) is 5.95 Å². The molecular formula is C15H13N5. The number of imidazole rings is 1. The van der Waals surface area contributed by atoms with E-state index in [2.05, 4.69) is 19.9 Å². The molecule has 0 saturated carbocycles. The van der Waals surface area contributed by atoms with E-state index in [1.165, 1.54) is 0 Å². The Kier molecular flexibility index (Phi) is 2.26. The maximum Gasteiger partial charge on any atom is 0.212 e. The van der Waals surface area contributed by atoms with Crippen molar-refractivity contribution in [3.05, 3.63) is 60.2 Å². The first-order chi connectivity index (χ1) is 9.83. The Labute approximate surface area is 115 Å². The summed E-state index contributed by atoms with van der Waals surface area (Å²) in [5.74, 6) is 1.12. The fourth-order valence-corrected chi connectivity index (χ4v) is 2.57. The molecular weight excluding hydrogens is 250 g/mol. The second kappa shape index (κ2) is 4.09. The lowest BCUT2D eigenvalue weighted by Crippen LogP contribution is -2.31. The summed E-state index contributed by atoms with van der Waals surface area (Å²) < 4.78 is 2.07. The second-order valence-corrected chi connectivity index (χ2v) is 4.72. The number of hydrogen-bond donors (Lipinski definition) is 2. The zero-order valence-electron chi connectivity index (χ0n) is 10.7. The van der Waals surface area contributed by atoms with Crippen molar-refractivity contribution in [2.75, 3.05) is 5.32 Å². The third-order valence-electron chi connectivity index (χ3n) is 3.44. The van der Waals surface area contributed by atoms with E-state index in [4.69, 9.17) is 5.73 Å². The van der Waals surface area contributed by atoms with Gasteiger partial charge in [-0.1, -0.05) is 42.5 Å². The SMILES string of the molecule is NC1=N[C@@H](c2ccccc2)n2c(nc3ccccc32)N1. The van der Waals surface area contributed by atoms with Gasteiger partial charge in [-0.2, -0.15) is 0 Å². The van der Waals surface area contributed by atoms with Crippen molar-refractivity contribution in [1.82, 2.24) is 9.55 Å². The molecule has 1 atom stereocenters. The number of aliphatic imine (C=N–C) groups is 1. The minimum atomic E-state index is -0.181.